The number of halogens is 2. The maximum absolute atomic E-state index is 10.7. The van der Waals surface area contributed by atoms with Crippen LogP contribution < -0.4 is 4.74 Å². The normalized spacial score (nSPS) is 16.4. The number of phenolic OH excluding ortho intramolecular Hbond substituents is 1. The quantitative estimate of drug-likeness (QED) is 0.170. The minimum atomic E-state index is -0.851. The molecule has 4 rings (SSSR count). The number of ether oxygens (including phenoxy) is 3. The first kappa shape index (κ1) is 35.5. The minimum Gasteiger partial charge on any atom is -0.507 e. The maximum atomic E-state index is 10.7. The molecule has 1 saturated heterocycles. The highest BCUT2D eigenvalue weighted by atomic mass is 79.9. The molecular formula is C31H38Br2O7. The number of epoxide rings is 1. The lowest BCUT2D eigenvalue weighted by molar-refractivity contribution is 0.00822. The molecule has 1 aliphatic rings. The SMILES string of the molecule is C.CC1(COCc2ccccc2)CO1.CCC(C)(O)COc1cccc(C=O)c1Br.O=Cc1cccc(O)c1Br. The minimum absolute atomic E-state index is 0. The fourth-order valence-electron chi connectivity index (χ4n) is 2.86. The smallest absolute Gasteiger partial charge is 0.151 e. The summed E-state index contributed by atoms with van der Waals surface area (Å²) < 4.78 is 17.3. The number of carbonyl (C=O) groups excluding carboxylic acids is 2. The van der Waals surface area contributed by atoms with E-state index < -0.39 is 5.60 Å². The van der Waals surface area contributed by atoms with E-state index in [9.17, 15) is 14.7 Å². The third-order valence-corrected chi connectivity index (χ3v) is 7.42. The van der Waals surface area contributed by atoms with Crippen molar-refractivity contribution in [1.29, 1.82) is 0 Å². The van der Waals surface area contributed by atoms with Crippen LogP contribution in [0.5, 0.6) is 11.5 Å². The molecule has 0 spiro atoms. The maximum Gasteiger partial charge on any atom is 0.151 e. The first-order chi connectivity index (χ1) is 18.5. The van der Waals surface area contributed by atoms with Crippen LogP contribution in [-0.2, 0) is 16.1 Å². The molecule has 0 saturated carbocycles. The van der Waals surface area contributed by atoms with E-state index in [0.717, 1.165) is 12.9 Å². The first-order valence-corrected chi connectivity index (χ1v) is 13.9. The van der Waals surface area contributed by atoms with Gasteiger partial charge >= 0.3 is 0 Å². The zero-order valence-corrected chi connectivity index (χ0v) is 25.4. The molecule has 218 valence electrons. The molecule has 2 unspecified atom stereocenters. The molecule has 2 atom stereocenters. The lowest BCUT2D eigenvalue weighted by Gasteiger charge is -2.22. The van der Waals surface area contributed by atoms with Crippen molar-refractivity contribution in [3.63, 3.8) is 0 Å². The van der Waals surface area contributed by atoms with E-state index in [1.165, 1.54) is 11.6 Å². The van der Waals surface area contributed by atoms with E-state index in [4.69, 9.17) is 19.3 Å². The van der Waals surface area contributed by atoms with Gasteiger partial charge in [0.05, 0.1) is 34.4 Å². The third kappa shape index (κ3) is 12.3. The Balaban J connectivity index is 0.000000304. The van der Waals surface area contributed by atoms with Crippen molar-refractivity contribution < 1.29 is 34.0 Å². The number of aromatic hydroxyl groups is 1. The molecule has 3 aromatic carbocycles. The predicted molar refractivity (Wildman–Crippen MR) is 164 cm³/mol. The van der Waals surface area contributed by atoms with Crippen molar-refractivity contribution in [2.24, 2.45) is 0 Å². The van der Waals surface area contributed by atoms with Gasteiger partial charge in [0.25, 0.3) is 0 Å². The Morgan fingerprint density at radius 3 is 2.08 bits per heavy atom. The van der Waals surface area contributed by atoms with Gasteiger partial charge in [-0.3, -0.25) is 9.59 Å². The lowest BCUT2D eigenvalue weighted by atomic mass is 10.1. The standard InChI is InChI=1S/C12H15BrO3.C11H14O2.C7H5BrO2.CH4/c1-3-12(2,15)8-16-10-6-4-5-9(7-14)11(10)13;1-11(9-13-11)8-12-7-10-5-3-2-4-6-10;8-7-5(4-9)2-1-3-6(7)10;/h4-7,15H,3,8H2,1-2H3;2-6H,7-9H2,1H3;1-4,10H;1H4. The number of rotatable bonds is 10. The Bertz CT molecular complexity index is 1200. The zero-order valence-electron chi connectivity index (χ0n) is 22.2. The molecule has 9 heteroatoms. The molecule has 3 aromatic rings. The van der Waals surface area contributed by atoms with Crippen molar-refractivity contribution in [2.75, 3.05) is 19.8 Å². The molecule has 2 N–H and O–H groups in total. The second kappa shape index (κ2) is 17.3. The van der Waals surface area contributed by atoms with Gasteiger partial charge in [-0.05, 0) is 69.8 Å². The van der Waals surface area contributed by atoms with Gasteiger partial charge in [-0.1, -0.05) is 68.9 Å². The Hall–Kier alpha value is -2.56. The van der Waals surface area contributed by atoms with Gasteiger partial charge in [0.2, 0.25) is 0 Å². The number of aliphatic hydroxyl groups is 1. The fourth-order valence-corrected chi connectivity index (χ4v) is 3.69. The van der Waals surface area contributed by atoms with E-state index in [0.29, 0.717) is 51.7 Å². The molecule has 0 amide bonds. The zero-order chi connectivity index (χ0) is 28.9. The highest BCUT2D eigenvalue weighted by Crippen LogP contribution is 2.29. The summed E-state index contributed by atoms with van der Waals surface area (Å²) in [5, 5.41) is 18.8. The molecule has 1 aliphatic heterocycles. The Morgan fingerprint density at radius 2 is 1.55 bits per heavy atom. The van der Waals surface area contributed by atoms with Crippen LogP contribution in [0.4, 0.5) is 0 Å². The largest absolute Gasteiger partial charge is 0.507 e. The van der Waals surface area contributed by atoms with E-state index >= 15 is 0 Å². The monoisotopic (exact) mass is 680 g/mol. The molecule has 0 radical (unpaired) electrons. The van der Waals surface area contributed by atoms with Gasteiger partial charge in [-0.25, -0.2) is 0 Å². The Kier molecular flexibility index (Phi) is 15.3. The highest BCUT2D eigenvalue weighted by molar-refractivity contribution is 9.11. The highest BCUT2D eigenvalue weighted by Gasteiger charge is 2.39. The van der Waals surface area contributed by atoms with Crippen molar-refractivity contribution in [1.82, 2.24) is 0 Å². The van der Waals surface area contributed by atoms with Crippen molar-refractivity contribution in [3.05, 3.63) is 92.4 Å². The van der Waals surface area contributed by atoms with E-state index in [2.05, 4.69) is 50.9 Å². The molecule has 0 aromatic heterocycles. The van der Waals surface area contributed by atoms with E-state index in [-0.39, 0.29) is 25.4 Å². The number of phenols is 1. The van der Waals surface area contributed by atoms with Crippen LogP contribution in [0.3, 0.4) is 0 Å². The first-order valence-electron chi connectivity index (χ1n) is 12.3. The predicted octanol–water partition coefficient (Wildman–Crippen LogP) is 7.40. The number of hydrogen-bond acceptors (Lipinski definition) is 7. The van der Waals surface area contributed by atoms with Crippen LogP contribution in [0.2, 0.25) is 0 Å². The van der Waals surface area contributed by atoms with Crippen LogP contribution in [-0.4, -0.2) is 53.8 Å². The molecule has 1 fully saturated rings. The summed E-state index contributed by atoms with van der Waals surface area (Å²) in [6, 6.07) is 20.1. The average molecular weight is 682 g/mol. The summed E-state index contributed by atoms with van der Waals surface area (Å²) in [7, 11) is 0. The van der Waals surface area contributed by atoms with Gasteiger partial charge in [0.15, 0.2) is 12.6 Å². The van der Waals surface area contributed by atoms with Crippen LogP contribution in [0.15, 0.2) is 75.7 Å². The summed E-state index contributed by atoms with van der Waals surface area (Å²) >= 11 is 6.35. The summed E-state index contributed by atoms with van der Waals surface area (Å²) in [4.78, 5) is 20.9. The second-order valence-electron chi connectivity index (χ2n) is 9.43. The van der Waals surface area contributed by atoms with E-state index in [1.54, 1.807) is 37.3 Å². The van der Waals surface area contributed by atoms with Crippen LogP contribution in [0.25, 0.3) is 0 Å². The van der Waals surface area contributed by atoms with Crippen molar-refractivity contribution >= 4 is 44.4 Å². The number of hydrogen-bond donors (Lipinski definition) is 2. The summed E-state index contributed by atoms with van der Waals surface area (Å²) in [6.07, 6.45) is 2.05. The van der Waals surface area contributed by atoms with Crippen LogP contribution in [0, 0.1) is 0 Å². The number of benzene rings is 3. The lowest BCUT2D eigenvalue weighted by Crippen LogP contribution is -2.31. The van der Waals surface area contributed by atoms with Gasteiger partial charge in [-0.15, -0.1) is 0 Å². The summed E-state index contributed by atoms with van der Waals surface area (Å²) in [5.41, 5.74) is 1.37. The van der Waals surface area contributed by atoms with Crippen LogP contribution in [0.1, 0.15) is 60.9 Å². The second-order valence-corrected chi connectivity index (χ2v) is 11.0. The topological polar surface area (TPSA) is 106 Å². The third-order valence-electron chi connectivity index (χ3n) is 5.71. The summed E-state index contributed by atoms with van der Waals surface area (Å²) in [5.74, 6) is 0.655. The Morgan fingerprint density at radius 1 is 0.975 bits per heavy atom. The molecule has 7 nitrogen and oxygen atoms in total. The molecule has 1 heterocycles. The molecule has 40 heavy (non-hydrogen) atoms. The average Bonchev–Trinajstić information content (AvgIpc) is 3.68. The van der Waals surface area contributed by atoms with Gasteiger partial charge < -0.3 is 24.4 Å². The van der Waals surface area contributed by atoms with Gasteiger partial charge in [0, 0.05) is 11.1 Å². The summed E-state index contributed by atoms with van der Waals surface area (Å²) in [6.45, 7) is 8.08. The van der Waals surface area contributed by atoms with Crippen molar-refractivity contribution in [3.8, 4) is 11.5 Å². The molecular weight excluding hydrogens is 644 g/mol. The van der Waals surface area contributed by atoms with Gasteiger partial charge in [0.1, 0.15) is 23.7 Å². The van der Waals surface area contributed by atoms with Crippen LogP contribution >= 0.6 is 31.9 Å². The Labute approximate surface area is 253 Å². The molecule has 0 aliphatic carbocycles. The van der Waals surface area contributed by atoms with Gasteiger partial charge in [-0.2, -0.15) is 0 Å². The fraction of sp³-hybridized carbons (Fsp3) is 0.355. The van der Waals surface area contributed by atoms with Crippen molar-refractivity contribution in [2.45, 2.75) is 52.4 Å². The number of aldehydes is 2. The number of carbonyl (C=O) groups is 2. The van der Waals surface area contributed by atoms with E-state index in [1.807, 2.05) is 25.1 Å². The molecule has 0 bridgehead atoms.